The number of ether oxygens (including phenoxy) is 1. The molecule has 0 aliphatic rings. The van der Waals surface area contributed by atoms with E-state index in [0.29, 0.717) is 5.56 Å². The van der Waals surface area contributed by atoms with Crippen molar-refractivity contribution in [1.29, 1.82) is 0 Å². The number of halogens is 4. The third-order valence-corrected chi connectivity index (χ3v) is 3.54. The van der Waals surface area contributed by atoms with E-state index in [4.69, 9.17) is 16.3 Å². The lowest BCUT2D eigenvalue weighted by Gasteiger charge is -2.09. The molecule has 0 radical (unpaired) electrons. The standard InChI is InChI=1S/C14H10ClF2IO/c15-7-10-5-12(16)14(13(17)6-10)19-8-9-1-3-11(18)4-2-9/h1-6H,7-8H2. The second-order valence-corrected chi connectivity index (χ2v) is 5.45. The molecule has 0 saturated heterocycles. The summed E-state index contributed by atoms with van der Waals surface area (Å²) in [5, 5.41) is 0. The minimum Gasteiger partial charge on any atom is -0.483 e. The van der Waals surface area contributed by atoms with E-state index in [1.165, 1.54) is 12.1 Å². The molecule has 0 saturated carbocycles. The van der Waals surface area contributed by atoms with Crippen molar-refractivity contribution in [3.8, 4) is 5.75 Å². The molecule has 19 heavy (non-hydrogen) atoms. The van der Waals surface area contributed by atoms with Gasteiger partial charge >= 0.3 is 0 Å². The second kappa shape index (κ2) is 6.52. The highest BCUT2D eigenvalue weighted by Gasteiger charge is 2.12. The minimum absolute atomic E-state index is 0.0608. The zero-order chi connectivity index (χ0) is 13.8. The van der Waals surface area contributed by atoms with E-state index in [0.717, 1.165) is 9.13 Å². The average Bonchev–Trinajstić information content (AvgIpc) is 2.39. The fraction of sp³-hybridized carbons (Fsp3) is 0.143. The molecule has 5 heteroatoms. The van der Waals surface area contributed by atoms with Gasteiger partial charge in [-0.1, -0.05) is 12.1 Å². The van der Waals surface area contributed by atoms with E-state index in [2.05, 4.69) is 22.6 Å². The van der Waals surface area contributed by atoms with Gasteiger partial charge in [0.2, 0.25) is 0 Å². The summed E-state index contributed by atoms with van der Waals surface area (Å²) >= 11 is 7.72. The summed E-state index contributed by atoms with van der Waals surface area (Å²) in [6.07, 6.45) is 0. The summed E-state index contributed by atoms with van der Waals surface area (Å²) in [6.45, 7) is 0.116. The number of hydrogen-bond acceptors (Lipinski definition) is 1. The molecule has 0 bridgehead atoms. The molecule has 2 aromatic rings. The molecule has 2 rings (SSSR count). The van der Waals surface area contributed by atoms with Gasteiger partial charge in [0, 0.05) is 9.45 Å². The van der Waals surface area contributed by atoms with E-state index in [9.17, 15) is 8.78 Å². The summed E-state index contributed by atoms with van der Waals surface area (Å²) in [5.41, 5.74) is 1.24. The lowest BCUT2D eigenvalue weighted by atomic mass is 10.2. The van der Waals surface area contributed by atoms with Gasteiger partial charge in [-0.05, 0) is 58.0 Å². The first-order chi connectivity index (χ1) is 9.10. The maximum Gasteiger partial charge on any atom is 0.191 e. The number of rotatable bonds is 4. The molecule has 0 aliphatic heterocycles. The van der Waals surface area contributed by atoms with Crippen LogP contribution >= 0.6 is 34.2 Å². The molecule has 0 atom stereocenters. The van der Waals surface area contributed by atoms with Crippen molar-refractivity contribution < 1.29 is 13.5 Å². The lowest BCUT2D eigenvalue weighted by Crippen LogP contribution is -2.01. The molecule has 100 valence electrons. The van der Waals surface area contributed by atoms with Crippen LogP contribution in [0, 0.1) is 15.2 Å². The molecular weight excluding hydrogens is 385 g/mol. The number of hydrogen-bond donors (Lipinski definition) is 0. The zero-order valence-electron chi connectivity index (χ0n) is 9.80. The Labute approximate surface area is 128 Å². The smallest absolute Gasteiger partial charge is 0.191 e. The normalized spacial score (nSPS) is 10.5. The van der Waals surface area contributed by atoms with Crippen LogP contribution in [0.1, 0.15) is 11.1 Å². The highest BCUT2D eigenvalue weighted by Crippen LogP contribution is 2.25. The second-order valence-electron chi connectivity index (χ2n) is 3.94. The van der Waals surface area contributed by atoms with Gasteiger partial charge < -0.3 is 4.74 Å². The van der Waals surface area contributed by atoms with Crippen molar-refractivity contribution in [2.75, 3.05) is 0 Å². The maximum atomic E-state index is 13.6. The first-order valence-corrected chi connectivity index (χ1v) is 7.12. The Bertz CT molecular complexity index is 549. The summed E-state index contributed by atoms with van der Waals surface area (Å²) in [7, 11) is 0. The van der Waals surface area contributed by atoms with Crippen molar-refractivity contribution in [2.45, 2.75) is 12.5 Å². The molecule has 0 heterocycles. The molecule has 1 nitrogen and oxygen atoms in total. The van der Waals surface area contributed by atoms with E-state index in [1.54, 1.807) is 0 Å². The number of alkyl halides is 1. The van der Waals surface area contributed by atoms with Crippen LogP contribution in [0.2, 0.25) is 0 Å². The Kier molecular flexibility index (Phi) is 4.99. The predicted octanol–water partition coefficient (Wildman–Crippen LogP) is 4.89. The van der Waals surface area contributed by atoms with E-state index in [1.807, 2.05) is 24.3 Å². The highest BCUT2D eigenvalue weighted by molar-refractivity contribution is 14.1. The Morgan fingerprint density at radius 2 is 1.58 bits per heavy atom. The van der Waals surface area contributed by atoms with Crippen LogP contribution in [-0.2, 0) is 12.5 Å². The largest absolute Gasteiger partial charge is 0.483 e. The summed E-state index contributed by atoms with van der Waals surface area (Å²) in [4.78, 5) is 0. The van der Waals surface area contributed by atoms with Gasteiger partial charge in [-0.2, -0.15) is 0 Å². The van der Waals surface area contributed by atoms with Gasteiger partial charge in [0.1, 0.15) is 6.61 Å². The van der Waals surface area contributed by atoms with Gasteiger partial charge in [0.15, 0.2) is 17.4 Å². The molecular formula is C14H10ClF2IO. The number of benzene rings is 2. The summed E-state index contributed by atoms with van der Waals surface area (Å²) in [6, 6.07) is 9.87. The molecule has 0 fully saturated rings. The molecule has 0 aromatic heterocycles. The average molecular weight is 395 g/mol. The zero-order valence-corrected chi connectivity index (χ0v) is 12.7. The summed E-state index contributed by atoms with van der Waals surface area (Å²) in [5.74, 6) is -1.78. The van der Waals surface area contributed by atoms with Crippen LogP contribution in [-0.4, -0.2) is 0 Å². The van der Waals surface area contributed by atoms with E-state index in [-0.39, 0.29) is 18.2 Å². The molecule has 0 unspecified atom stereocenters. The van der Waals surface area contributed by atoms with Gasteiger partial charge in [-0.3, -0.25) is 0 Å². The monoisotopic (exact) mass is 394 g/mol. The fourth-order valence-corrected chi connectivity index (χ4v) is 2.08. The molecule has 0 aliphatic carbocycles. The Hall–Kier alpha value is -0.880. The van der Waals surface area contributed by atoms with Gasteiger partial charge in [-0.25, -0.2) is 8.78 Å². The lowest BCUT2D eigenvalue weighted by molar-refractivity contribution is 0.274. The SMILES string of the molecule is Fc1cc(CCl)cc(F)c1OCc1ccc(I)cc1. The quantitative estimate of drug-likeness (QED) is 0.530. The maximum absolute atomic E-state index is 13.6. The third kappa shape index (κ3) is 3.79. The predicted molar refractivity (Wildman–Crippen MR) is 79.4 cm³/mol. The van der Waals surface area contributed by atoms with Crippen LogP contribution in [0.3, 0.4) is 0 Å². The molecule has 0 spiro atoms. The van der Waals surface area contributed by atoms with Crippen molar-refractivity contribution in [2.24, 2.45) is 0 Å². The fourth-order valence-electron chi connectivity index (χ4n) is 1.56. The van der Waals surface area contributed by atoms with Gasteiger partial charge in [0.25, 0.3) is 0 Å². The van der Waals surface area contributed by atoms with E-state index >= 15 is 0 Å². The highest BCUT2D eigenvalue weighted by atomic mass is 127. The van der Waals surface area contributed by atoms with Crippen molar-refractivity contribution in [1.82, 2.24) is 0 Å². The summed E-state index contributed by atoms with van der Waals surface area (Å²) < 4.78 is 33.6. The Morgan fingerprint density at radius 1 is 1.00 bits per heavy atom. The van der Waals surface area contributed by atoms with Gasteiger partial charge in [-0.15, -0.1) is 11.6 Å². The van der Waals surface area contributed by atoms with Crippen molar-refractivity contribution in [3.63, 3.8) is 0 Å². The Balaban J connectivity index is 2.13. The molecule has 2 aromatic carbocycles. The molecule has 0 N–H and O–H groups in total. The van der Waals surface area contributed by atoms with Crippen LogP contribution in [0.25, 0.3) is 0 Å². The Morgan fingerprint density at radius 3 is 2.11 bits per heavy atom. The van der Waals surface area contributed by atoms with Crippen LogP contribution in [0.5, 0.6) is 5.75 Å². The molecule has 0 amide bonds. The van der Waals surface area contributed by atoms with Crippen LogP contribution in [0.4, 0.5) is 8.78 Å². The topological polar surface area (TPSA) is 9.23 Å². The van der Waals surface area contributed by atoms with Crippen LogP contribution in [0.15, 0.2) is 36.4 Å². The van der Waals surface area contributed by atoms with E-state index < -0.39 is 11.6 Å². The third-order valence-electron chi connectivity index (χ3n) is 2.51. The van der Waals surface area contributed by atoms with Gasteiger partial charge in [0.05, 0.1) is 0 Å². The first-order valence-electron chi connectivity index (χ1n) is 5.51. The first kappa shape index (κ1) is 14.5. The van der Waals surface area contributed by atoms with Crippen molar-refractivity contribution in [3.05, 3.63) is 62.7 Å². The van der Waals surface area contributed by atoms with Crippen molar-refractivity contribution >= 4 is 34.2 Å². The minimum atomic E-state index is -0.735. The van der Waals surface area contributed by atoms with Crippen LogP contribution < -0.4 is 4.74 Å².